The molecule has 0 aromatic carbocycles. The third-order valence-electron chi connectivity index (χ3n) is 2.73. The highest BCUT2D eigenvalue weighted by Crippen LogP contribution is 2.16. The van der Waals surface area contributed by atoms with Crippen LogP contribution in [0.1, 0.15) is 12.8 Å². The van der Waals surface area contributed by atoms with Crippen LogP contribution in [0.4, 0.5) is 0 Å². The van der Waals surface area contributed by atoms with Crippen LogP contribution in [0.5, 0.6) is 5.88 Å². The molecule has 0 spiro atoms. The van der Waals surface area contributed by atoms with Crippen molar-refractivity contribution >= 4 is 17.5 Å². The van der Waals surface area contributed by atoms with Crippen LogP contribution >= 0.6 is 11.6 Å². The molecule has 1 aliphatic rings. The molecule has 2 heterocycles. The summed E-state index contributed by atoms with van der Waals surface area (Å²) < 4.78 is 5.70. The Morgan fingerprint density at radius 2 is 2.47 bits per heavy atom. The standard InChI is InChI=1S/C12H15ClN2O2/c13-6-4-12(16)15-8-5-10(9-15)17-11-3-1-2-7-14-11/h1-3,7,10H,4-6,8-9H2. The summed E-state index contributed by atoms with van der Waals surface area (Å²) in [6.45, 7) is 1.37. The van der Waals surface area contributed by atoms with Crippen LogP contribution in [0, 0.1) is 0 Å². The highest BCUT2D eigenvalue weighted by Gasteiger charge is 2.27. The number of hydrogen-bond acceptors (Lipinski definition) is 3. The van der Waals surface area contributed by atoms with Crippen molar-refractivity contribution in [1.82, 2.24) is 9.88 Å². The zero-order valence-corrected chi connectivity index (χ0v) is 10.3. The molecule has 5 heteroatoms. The van der Waals surface area contributed by atoms with Crippen molar-refractivity contribution in [3.63, 3.8) is 0 Å². The normalized spacial score (nSPS) is 19.4. The van der Waals surface area contributed by atoms with Crippen LogP contribution in [0.15, 0.2) is 24.4 Å². The lowest BCUT2D eigenvalue weighted by Gasteiger charge is -2.16. The van der Waals surface area contributed by atoms with Crippen LogP contribution in [0.3, 0.4) is 0 Å². The lowest BCUT2D eigenvalue weighted by atomic mass is 10.3. The smallest absolute Gasteiger partial charge is 0.223 e. The van der Waals surface area contributed by atoms with Crippen molar-refractivity contribution in [1.29, 1.82) is 0 Å². The Morgan fingerprint density at radius 1 is 1.59 bits per heavy atom. The van der Waals surface area contributed by atoms with Gasteiger partial charge in [-0.05, 0) is 6.07 Å². The van der Waals surface area contributed by atoms with Gasteiger partial charge in [-0.3, -0.25) is 4.79 Å². The van der Waals surface area contributed by atoms with Gasteiger partial charge in [-0.2, -0.15) is 0 Å². The number of amides is 1. The van der Waals surface area contributed by atoms with Crippen molar-refractivity contribution < 1.29 is 9.53 Å². The van der Waals surface area contributed by atoms with Gasteiger partial charge in [0, 0.05) is 37.5 Å². The monoisotopic (exact) mass is 254 g/mol. The minimum atomic E-state index is 0.0455. The third kappa shape index (κ3) is 3.33. The molecule has 1 aliphatic heterocycles. The zero-order valence-electron chi connectivity index (χ0n) is 9.51. The number of halogens is 1. The molecule has 1 aromatic rings. The number of alkyl halides is 1. The molecular formula is C12H15ClN2O2. The molecule has 2 rings (SSSR count). The van der Waals surface area contributed by atoms with Gasteiger partial charge in [-0.15, -0.1) is 11.6 Å². The first-order valence-corrected chi connectivity index (χ1v) is 6.24. The Balaban J connectivity index is 1.84. The first kappa shape index (κ1) is 12.2. The van der Waals surface area contributed by atoms with Gasteiger partial charge in [0.05, 0.1) is 6.54 Å². The second-order valence-electron chi connectivity index (χ2n) is 3.98. The first-order valence-electron chi connectivity index (χ1n) is 5.71. The number of ether oxygens (including phenoxy) is 1. The molecule has 4 nitrogen and oxygen atoms in total. The minimum Gasteiger partial charge on any atom is -0.472 e. The summed E-state index contributed by atoms with van der Waals surface area (Å²) in [5.74, 6) is 1.09. The maximum Gasteiger partial charge on any atom is 0.223 e. The van der Waals surface area contributed by atoms with Crippen molar-refractivity contribution in [2.24, 2.45) is 0 Å². The zero-order chi connectivity index (χ0) is 12.1. The summed E-state index contributed by atoms with van der Waals surface area (Å²) in [7, 11) is 0. The number of nitrogens with zero attached hydrogens (tertiary/aromatic N) is 2. The Labute approximate surface area is 106 Å². The van der Waals surface area contributed by atoms with Gasteiger partial charge >= 0.3 is 0 Å². The summed E-state index contributed by atoms with van der Waals surface area (Å²) in [6, 6.07) is 5.55. The first-order chi connectivity index (χ1) is 8.29. The lowest BCUT2D eigenvalue weighted by Crippen LogP contribution is -2.31. The van der Waals surface area contributed by atoms with E-state index in [0.29, 0.717) is 24.7 Å². The van der Waals surface area contributed by atoms with E-state index < -0.39 is 0 Å². The fraction of sp³-hybridized carbons (Fsp3) is 0.500. The summed E-state index contributed by atoms with van der Waals surface area (Å²) >= 11 is 5.55. The maximum absolute atomic E-state index is 11.6. The van der Waals surface area contributed by atoms with Crippen LogP contribution in [0.2, 0.25) is 0 Å². The van der Waals surface area contributed by atoms with E-state index in [1.807, 2.05) is 18.2 Å². The molecule has 1 saturated heterocycles. The molecule has 1 aromatic heterocycles. The van der Waals surface area contributed by atoms with Gasteiger partial charge in [-0.1, -0.05) is 6.07 Å². The quantitative estimate of drug-likeness (QED) is 0.768. The van der Waals surface area contributed by atoms with E-state index in [1.165, 1.54) is 0 Å². The number of pyridine rings is 1. The fourth-order valence-electron chi connectivity index (χ4n) is 1.88. The average Bonchev–Trinajstić information content (AvgIpc) is 2.79. The van der Waals surface area contributed by atoms with E-state index in [0.717, 1.165) is 13.0 Å². The van der Waals surface area contributed by atoms with Crippen molar-refractivity contribution in [2.45, 2.75) is 18.9 Å². The predicted octanol–water partition coefficient (Wildman–Crippen LogP) is 1.69. The van der Waals surface area contributed by atoms with Crippen LogP contribution in [0.25, 0.3) is 0 Å². The molecular weight excluding hydrogens is 240 g/mol. The lowest BCUT2D eigenvalue weighted by molar-refractivity contribution is -0.130. The van der Waals surface area contributed by atoms with Gasteiger partial charge in [0.15, 0.2) is 0 Å². The molecule has 1 fully saturated rings. The van der Waals surface area contributed by atoms with Gasteiger partial charge in [-0.25, -0.2) is 4.98 Å². The predicted molar refractivity (Wildman–Crippen MR) is 65.2 cm³/mol. The van der Waals surface area contributed by atoms with Crippen molar-refractivity contribution in [3.8, 4) is 5.88 Å². The summed E-state index contributed by atoms with van der Waals surface area (Å²) in [6.07, 6.45) is 2.99. The highest BCUT2D eigenvalue weighted by atomic mass is 35.5. The van der Waals surface area contributed by atoms with Gasteiger partial charge in [0.1, 0.15) is 6.10 Å². The molecule has 17 heavy (non-hydrogen) atoms. The van der Waals surface area contributed by atoms with E-state index in [9.17, 15) is 4.79 Å². The van der Waals surface area contributed by atoms with Crippen LogP contribution in [-0.4, -0.2) is 40.9 Å². The third-order valence-corrected chi connectivity index (χ3v) is 2.92. The Kier molecular flexibility index (Phi) is 4.20. The Morgan fingerprint density at radius 3 is 3.18 bits per heavy atom. The molecule has 0 bridgehead atoms. The van der Waals surface area contributed by atoms with Crippen molar-refractivity contribution in [3.05, 3.63) is 24.4 Å². The largest absolute Gasteiger partial charge is 0.472 e. The number of rotatable bonds is 4. The topological polar surface area (TPSA) is 42.4 Å². The van der Waals surface area contributed by atoms with Gasteiger partial charge in [0.25, 0.3) is 0 Å². The minimum absolute atomic E-state index is 0.0455. The maximum atomic E-state index is 11.6. The number of carbonyl (C=O) groups is 1. The van der Waals surface area contributed by atoms with Crippen molar-refractivity contribution in [2.75, 3.05) is 19.0 Å². The number of likely N-dealkylation sites (tertiary alicyclic amines) is 1. The van der Waals surface area contributed by atoms with Gasteiger partial charge < -0.3 is 9.64 Å². The van der Waals surface area contributed by atoms with E-state index in [2.05, 4.69) is 4.98 Å². The van der Waals surface area contributed by atoms with Crippen LogP contribution < -0.4 is 4.74 Å². The molecule has 0 aliphatic carbocycles. The molecule has 1 amide bonds. The van der Waals surface area contributed by atoms with Crippen LogP contribution in [-0.2, 0) is 4.79 Å². The second-order valence-corrected chi connectivity index (χ2v) is 4.35. The number of carbonyl (C=O) groups excluding carboxylic acids is 1. The number of aromatic nitrogens is 1. The summed E-state index contributed by atoms with van der Waals surface area (Å²) in [5.41, 5.74) is 0. The van der Waals surface area contributed by atoms with Gasteiger partial charge in [0.2, 0.25) is 11.8 Å². The second kappa shape index (κ2) is 5.87. The average molecular weight is 255 g/mol. The molecule has 1 unspecified atom stereocenters. The van der Waals surface area contributed by atoms with E-state index in [-0.39, 0.29) is 12.0 Å². The molecule has 0 saturated carbocycles. The van der Waals surface area contributed by atoms with E-state index in [1.54, 1.807) is 11.1 Å². The molecule has 0 radical (unpaired) electrons. The SMILES string of the molecule is O=C(CCCl)N1CCC(Oc2ccccn2)C1. The summed E-state index contributed by atoms with van der Waals surface area (Å²) in [4.78, 5) is 17.5. The Bertz CT molecular complexity index is 372. The Hall–Kier alpha value is -1.29. The molecule has 1 atom stereocenters. The fourth-order valence-corrected chi connectivity index (χ4v) is 2.04. The number of hydrogen-bond donors (Lipinski definition) is 0. The summed E-state index contributed by atoms with van der Waals surface area (Å²) in [5, 5.41) is 0. The highest BCUT2D eigenvalue weighted by molar-refractivity contribution is 6.18. The molecule has 92 valence electrons. The van der Waals surface area contributed by atoms with E-state index >= 15 is 0 Å². The van der Waals surface area contributed by atoms with E-state index in [4.69, 9.17) is 16.3 Å². The molecule has 0 N–H and O–H groups in total.